The molecule has 30 heavy (non-hydrogen) atoms. The van der Waals surface area contributed by atoms with Crippen molar-refractivity contribution < 1.29 is 14.3 Å². The Morgan fingerprint density at radius 3 is 2.23 bits per heavy atom. The van der Waals surface area contributed by atoms with Crippen LogP contribution < -0.4 is 9.64 Å². The SMILES string of the molecule is COc1ccc(N2CCN(CCN3C(=O)c4ccccc4C(C)(C)C3=O)CC2)cc1. The predicted octanol–water partition coefficient (Wildman–Crippen LogP) is 2.78. The summed E-state index contributed by atoms with van der Waals surface area (Å²) >= 11 is 0. The normalized spacial score (nSPS) is 19.0. The minimum absolute atomic E-state index is 0.108. The Morgan fingerprint density at radius 1 is 0.900 bits per heavy atom. The van der Waals surface area contributed by atoms with Gasteiger partial charge in [0.1, 0.15) is 5.75 Å². The second-order valence-electron chi connectivity index (χ2n) is 8.46. The second kappa shape index (κ2) is 8.11. The second-order valence-corrected chi connectivity index (χ2v) is 8.46. The number of fused-ring (bicyclic) bond motifs is 1. The fourth-order valence-electron chi connectivity index (χ4n) is 4.37. The van der Waals surface area contributed by atoms with Crippen molar-refractivity contribution in [2.24, 2.45) is 0 Å². The van der Waals surface area contributed by atoms with Crippen molar-refractivity contribution in [2.75, 3.05) is 51.3 Å². The lowest BCUT2D eigenvalue weighted by molar-refractivity contribution is -0.134. The van der Waals surface area contributed by atoms with Crippen LogP contribution in [0.15, 0.2) is 48.5 Å². The maximum absolute atomic E-state index is 13.1. The van der Waals surface area contributed by atoms with E-state index in [1.165, 1.54) is 10.6 Å². The van der Waals surface area contributed by atoms with Crippen molar-refractivity contribution in [1.29, 1.82) is 0 Å². The molecule has 6 heteroatoms. The van der Waals surface area contributed by atoms with Gasteiger partial charge in [-0.2, -0.15) is 0 Å². The highest BCUT2D eigenvalue weighted by atomic mass is 16.5. The van der Waals surface area contributed by atoms with Crippen molar-refractivity contribution in [3.63, 3.8) is 0 Å². The van der Waals surface area contributed by atoms with E-state index >= 15 is 0 Å². The van der Waals surface area contributed by atoms with Crippen molar-refractivity contribution >= 4 is 17.5 Å². The van der Waals surface area contributed by atoms with Crippen LogP contribution in [0.3, 0.4) is 0 Å². The summed E-state index contributed by atoms with van der Waals surface area (Å²) < 4.78 is 5.23. The third-order valence-corrected chi connectivity index (χ3v) is 6.31. The number of carbonyl (C=O) groups excluding carboxylic acids is 2. The topological polar surface area (TPSA) is 53.1 Å². The van der Waals surface area contributed by atoms with E-state index in [2.05, 4.69) is 21.9 Å². The van der Waals surface area contributed by atoms with Crippen molar-refractivity contribution in [1.82, 2.24) is 9.80 Å². The lowest BCUT2D eigenvalue weighted by Crippen LogP contribution is -2.55. The molecule has 0 atom stereocenters. The molecule has 1 saturated heterocycles. The average Bonchev–Trinajstić information content (AvgIpc) is 2.78. The molecular formula is C24H29N3O3. The zero-order valence-electron chi connectivity index (χ0n) is 17.9. The molecule has 158 valence electrons. The number of ether oxygens (including phenoxy) is 1. The zero-order valence-corrected chi connectivity index (χ0v) is 17.9. The van der Waals surface area contributed by atoms with E-state index in [0.29, 0.717) is 18.7 Å². The Kier molecular flexibility index (Phi) is 5.52. The van der Waals surface area contributed by atoms with Gasteiger partial charge >= 0.3 is 0 Å². The molecule has 0 spiro atoms. The number of benzene rings is 2. The molecule has 2 amide bonds. The van der Waals surface area contributed by atoms with Gasteiger partial charge in [0.05, 0.1) is 12.5 Å². The number of amides is 2. The molecule has 2 aliphatic rings. The number of anilines is 1. The highest BCUT2D eigenvalue weighted by Gasteiger charge is 2.44. The van der Waals surface area contributed by atoms with Crippen LogP contribution in [0.5, 0.6) is 5.75 Å². The average molecular weight is 408 g/mol. The summed E-state index contributed by atoms with van der Waals surface area (Å²) in [6.07, 6.45) is 0. The Morgan fingerprint density at radius 2 is 1.57 bits per heavy atom. The molecular weight excluding hydrogens is 378 g/mol. The summed E-state index contributed by atoms with van der Waals surface area (Å²) in [6, 6.07) is 15.6. The molecule has 0 aliphatic carbocycles. The monoisotopic (exact) mass is 407 g/mol. The van der Waals surface area contributed by atoms with Crippen LogP contribution in [0.1, 0.15) is 29.8 Å². The summed E-state index contributed by atoms with van der Waals surface area (Å²) in [4.78, 5) is 32.1. The number of piperazine rings is 1. The standard InChI is InChI=1S/C24H29N3O3/c1-24(2)21-7-5-4-6-20(21)22(28)27(23(24)29)17-14-25-12-15-26(16-13-25)18-8-10-19(30-3)11-9-18/h4-11H,12-17H2,1-3H3. The van der Waals surface area contributed by atoms with Crippen LogP contribution in [-0.4, -0.2) is 68.0 Å². The minimum Gasteiger partial charge on any atom is -0.497 e. The van der Waals surface area contributed by atoms with E-state index < -0.39 is 5.41 Å². The number of methoxy groups -OCH3 is 1. The third-order valence-electron chi connectivity index (χ3n) is 6.31. The van der Waals surface area contributed by atoms with Crippen LogP contribution in [0, 0.1) is 0 Å². The van der Waals surface area contributed by atoms with E-state index in [0.717, 1.165) is 37.5 Å². The van der Waals surface area contributed by atoms with Crippen molar-refractivity contribution in [3.05, 3.63) is 59.7 Å². The third kappa shape index (κ3) is 3.67. The molecule has 2 aromatic carbocycles. The predicted molar refractivity (Wildman–Crippen MR) is 117 cm³/mol. The van der Waals surface area contributed by atoms with E-state index in [-0.39, 0.29) is 11.8 Å². The first-order chi connectivity index (χ1) is 14.4. The van der Waals surface area contributed by atoms with Gasteiger partial charge in [-0.3, -0.25) is 19.4 Å². The molecule has 6 nitrogen and oxygen atoms in total. The number of nitrogens with zero attached hydrogens (tertiary/aromatic N) is 3. The van der Waals surface area contributed by atoms with Gasteiger partial charge in [-0.25, -0.2) is 0 Å². The molecule has 4 rings (SSSR count). The van der Waals surface area contributed by atoms with Gasteiger partial charge in [0.25, 0.3) is 5.91 Å². The molecule has 0 N–H and O–H groups in total. The number of hydrogen-bond acceptors (Lipinski definition) is 5. The minimum atomic E-state index is -0.683. The van der Waals surface area contributed by atoms with Crippen LogP contribution in [0.4, 0.5) is 5.69 Å². The van der Waals surface area contributed by atoms with Crippen LogP contribution in [0.2, 0.25) is 0 Å². The van der Waals surface area contributed by atoms with E-state index in [1.807, 2.05) is 50.2 Å². The summed E-state index contributed by atoms with van der Waals surface area (Å²) in [5, 5.41) is 0. The van der Waals surface area contributed by atoms with E-state index in [4.69, 9.17) is 4.74 Å². The van der Waals surface area contributed by atoms with Gasteiger partial charge in [0, 0.05) is 50.5 Å². The summed E-state index contributed by atoms with van der Waals surface area (Å²) in [5.74, 6) is 0.576. The van der Waals surface area contributed by atoms with Gasteiger partial charge in [-0.1, -0.05) is 18.2 Å². The number of hydrogen-bond donors (Lipinski definition) is 0. The number of imide groups is 1. The summed E-state index contributed by atoms with van der Waals surface area (Å²) in [5.41, 5.74) is 1.98. The fraction of sp³-hybridized carbons (Fsp3) is 0.417. The molecule has 0 unspecified atom stereocenters. The first-order valence-corrected chi connectivity index (χ1v) is 10.5. The van der Waals surface area contributed by atoms with E-state index in [1.54, 1.807) is 7.11 Å². The Bertz CT molecular complexity index is 931. The highest BCUT2D eigenvalue weighted by molar-refractivity contribution is 6.12. The fourth-order valence-corrected chi connectivity index (χ4v) is 4.37. The first-order valence-electron chi connectivity index (χ1n) is 10.5. The number of carbonyl (C=O) groups is 2. The van der Waals surface area contributed by atoms with Crippen molar-refractivity contribution in [2.45, 2.75) is 19.3 Å². The van der Waals surface area contributed by atoms with E-state index in [9.17, 15) is 9.59 Å². The maximum atomic E-state index is 13.1. The van der Waals surface area contributed by atoms with Crippen LogP contribution in [0.25, 0.3) is 0 Å². The van der Waals surface area contributed by atoms with Gasteiger partial charge in [0.15, 0.2) is 0 Å². The van der Waals surface area contributed by atoms with Crippen molar-refractivity contribution in [3.8, 4) is 5.75 Å². The van der Waals surface area contributed by atoms with Gasteiger partial charge in [-0.15, -0.1) is 0 Å². The highest BCUT2D eigenvalue weighted by Crippen LogP contribution is 2.34. The van der Waals surface area contributed by atoms with Crippen LogP contribution in [-0.2, 0) is 10.2 Å². The molecule has 0 saturated carbocycles. The Labute approximate surface area is 178 Å². The Balaban J connectivity index is 1.36. The number of rotatable bonds is 5. The molecule has 2 heterocycles. The maximum Gasteiger partial charge on any atom is 0.260 e. The molecule has 0 radical (unpaired) electrons. The quantitative estimate of drug-likeness (QED) is 0.714. The zero-order chi connectivity index (χ0) is 21.3. The Hall–Kier alpha value is -2.86. The molecule has 2 aromatic rings. The molecule has 1 fully saturated rings. The summed E-state index contributed by atoms with van der Waals surface area (Å²) in [7, 11) is 1.67. The molecule has 0 bridgehead atoms. The smallest absolute Gasteiger partial charge is 0.260 e. The lowest BCUT2D eigenvalue weighted by atomic mass is 9.77. The van der Waals surface area contributed by atoms with Gasteiger partial charge in [0.2, 0.25) is 5.91 Å². The van der Waals surface area contributed by atoms with Crippen LogP contribution >= 0.6 is 0 Å². The first kappa shape index (κ1) is 20.4. The largest absolute Gasteiger partial charge is 0.497 e. The van der Waals surface area contributed by atoms with Gasteiger partial charge in [-0.05, 0) is 49.7 Å². The lowest BCUT2D eigenvalue weighted by Gasteiger charge is -2.40. The molecule has 2 aliphatic heterocycles. The summed E-state index contributed by atoms with van der Waals surface area (Å²) in [6.45, 7) is 8.59. The van der Waals surface area contributed by atoms with Gasteiger partial charge < -0.3 is 9.64 Å². The molecule has 0 aromatic heterocycles.